The third-order valence-corrected chi connectivity index (χ3v) is 2.94. The zero-order valence-electron chi connectivity index (χ0n) is 9.17. The fourth-order valence-electron chi connectivity index (χ4n) is 1.63. The van der Waals surface area contributed by atoms with Crippen LogP contribution >= 0.6 is 11.6 Å². The molecule has 0 atom stereocenters. The first-order chi connectivity index (χ1) is 8.06. The molecule has 0 fully saturated rings. The number of hydrogen-bond acceptors (Lipinski definition) is 1. The van der Waals surface area contributed by atoms with Crippen molar-refractivity contribution in [1.29, 1.82) is 0 Å². The van der Waals surface area contributed by atoms with Crippen LogP contribution in [0.1, 0.15) is 19.0 Å². The van der Waals surface area contributed by atoms with Gasteiger partial charge in [0.2, 0.25) is 0 Å². The summed E-state index contributed by atoms with van der Waals surface area (Å²) in [5, 5.41) is 6.49. The predicted octanol–water partition coefficient (Wildman–Crippen LogP) is 4.23. The lowest BCUT2D eigenvalue weighted by Crippen LogP contribution is -2.13. The average Bonchev–Trinajstić information content (AvgIpc) is 2.79. The van der Waals surface area contributed by atoms with Crippen LogP contribution in [0, 0.1) is 0 Å². The molecule has 0 radical (unpaired) electrons. The summed E-state index contributed by atoms with van der Waals surface area (Å²) in [6.45, 7) is 1.43. The van der Waals surface area contributed by atoms with Crippen molar-refractivity contribution >= 4 is 11.6 Å². The van der Waals surface area contributed by atoms with E-state index in [0.29, 0.717) is 16.1 Å². The van der Waals surface area contributed by atoms with Gasteiger partial charge in [-0.25, -0.2) is 0 Å². The molecule has 0 aliphatic carbocycles. The van der Waals surface area contributed by atoms with Gasteiger partial charge in [-0.2, -0.15) is 13.9 Å². The van der Waals surface area contributed by atoms with Gasteiger partial charge in [-0.15, -0.1) is 0 Å². The van der Waals surface area contributed by atoms with E-state index in [0.717, 1.165) is 0 Å². The highest BCUT2D eigenvalue weighted by Gasteiger charge is 2.34. The van der Waals surface area contributed by atoms with E-state index in [9.17, 15) is 8.78 Å². The quantitative estimate of drug-likeness (QED) is 0.875. The highest BCUT2D eigenvalue weighted by Crippen LogP contribution is 2.38. The summed E-state index contributed by atoms with van der Waals surface area (Å²) in [4.78, 5) is 0. The van der Waals surface area contributed by atoms with E-state index in [2.05, 4.69) is 10.2 Å². The molecule has 1 aromatic heterocycles. The van der Waals surface area contributed by atoms with Crippen LogP contribution in [0.25, 0.3) is 11.1 Å². The van der Waals surface area contributed by atoms with E-state index in [1.807, 2.05) is 0 Å². The molecule has 0 saturated carbocycles. The van der Waals surface area contributed by atoms with Crippen molar-refractivity contribution < 1.29 is 8.78 Å². The number of halogens is 3. The first-order valence-electron chi connectivity index (χ1n) is 5.23. The van der Waals surface area contributed by atoms with E-state index in [-0.39, 0.29) is 12.1 Å². The van der Waals surface area contributed by atoms with Gasteiger partial charge in [0, 0.05) is 22.6 Å². The van der Waals surface area contributed by atoms with Gasteiger partial charge in [0.05, 0.1) is 6.20 Å². The first kappa shape index (κ1) is 12.0. The molecular formula is C12H11ClF2N2. The number of nitrogens with zero attached hydrogens (tertiary/aromatic N) is 1. The maximum absolute atomic E-state index is 13.7. The van der Waals surface area contributed by atoms with Crippen molar-refractivity contribution in [2.45, 2.75) is 19.3 Å². The summed E-state index contributed by atoms with van der Waals surface area (Å²) >= 11 is 5.99. The maximum Gasteiger partial charge on any atom is 0.289 e. The summed E-state index contributed by atoms with van der Waals surface area (Å²) in [5.41, 5.74) is 0.724. The zero-order chi connectivity index (χ0) is 12.5. The smallest absolute Gasteiger partial charge is 0.276 e. The number of rotatable bonds is 3. The molecule has 2 rings (SSSR count). The number of aromatic nitrogens is 2. The van der Waals surface area contributed by atoms with E-state index in [1.54, 1.807) is 24.3 Å². The molecule has 0 aliphatic heterocycles. The molecular weight excluding hydrogens is 246 g/mol. The highest BCUT2D eigenvalue weighted by atomic mass is 35.5. The van der Waals surface area contributed by atoms with Crippen molar-refractivity contribution in [3.63, 3.8) is 0 Å². The summed E-state index contributed by atoms with van der Waals surface area (Å²) in [6.07, 6.45) is 1.09. The van der Waals surface area contributed by atoms with Crippen LogP contribution in [0.5, 0.6) is 0 Å². The van der Waals surface area contributed by atoms with Crippen LogP contribution in [0.4, 0.5) is 8.78 Å². The van der Waals surface area contributed by atoms with Crippen molar-refractivity contribution in [2.75, 3.05) is 0 Å². The van der Waals surface area contributed by atoms with Gasteiger partial charge in [-0.1, -0.05) is 36.7 Å². The molecule has 1 aromatic carbocycles. The molecule has 0 amide bonds. The lowest BCUT2D eigenvalue weighted by molar-refractivity contribution is -0.0122. The molecule has 0 saturated heterocycles. The first-order valence-corrected chi connectivity index (χ1v) is 5.60. The lowest BCUT2D eigenvalue weighted by atomic mass is 10.0. The molecule has 90 valence electrons. The molecule has 0 unspecified atom stereocenters. The van der Waals surface area contributed by atoms with E-state index in [1.165, 1.54) is 13.1 Å². The van der Waals surface area contributed by atoms with Gasteiger partial charge in [0.15, 0.2) is 0 Å². The fraction of sp³-hybridized carbons (Fsp3) is 0.250. The van der Waals surface area contributed by atoms with E-state index in [4.69, 9.17) is 11.6 Å². The number of hydrogen-bond donors (Lipinski definition) is 1. The number of benzene rings is 1. The van der Waals surface area contributed by atoms with Crippen LogP contribution in [0.2, 0.25) is 5.02 Å². The minimum Gasteiger partial charge on any atom is -0.276 e. The molecule has 2 nitrogen and oxygen atoms in total. The third kappa shape index (κ3) is 2.17. The normalized spacial score (nSPS) is 11.8. The Morgan fingerprint density at radius 3 is 2.65 bits per heavy atom. The van der Waals surface area contributed by atoms with Crippen LogP contribution < -0.4 is 0 Å². The Morgan fingerprint density at radius 1 is 1.29 bits per heavy atom. The largest absolute Gasteiger partial charge is 0.289 e. The molecule has 17 heavy (non-hydrogen) atoms. The van der Waals surface area contributed by atoms with Gasteiger partial charge in [0.25, 0.3) is 5.92 Å². The second-order valence-corrected chi connectivity index (χ2v) is 4.10. The molecule has 5 heteroatoms. The van der Waals surface area contributed by atoms with Gasteiger partial charge >= 0.3 is 0 Å². The van der Waals surface area contributed by atoms with Crippen LogP contribution in [0.3, 0.4) is 0 Å². The highest BCUT2D eigenvalue weighted by molar-refractivity contribution is 6.33. The Bertz CT molecular complexity index is 523. The van der Waals surface area contributed by atoms with Crippen LogP contribution in [-0.4, -0.2) is 10.2 Å². The number of alkyl halides is 2. The van der Waals surface area contributed by atoms with Gasteiger partial charge in [-0.3, -0.25) is 5.10 Å². The summed E-state index contributed by atoms with van der Waals surface area (Å²) in [5.74, 6) is -2.93. The van der Waals surface area contributed by atoms with E-state index < -0.39 is 5.92 Å². The van der Waals surface area contributed by atoms with E-state index >= 15 is 0 Å². The van der Waals surface area contributed by atoms with Crippen molar-refractivity contribution in [1.82, 2.24) is 10.2 Å². The molecule has 0 bridgehead atoms. The minimum absolute atomic E-state index is 0.187. The Kier molecular flexibility index (Phi) is 3.15. The topological polar surface area (TPSA) is 28.7 Å². The van der Waals surface area contributed by atoms with Gasteiger partial charge in [-0.05, 0) is 6.07 Å². The Hall–Kier alpha value is -1.42. The summed E-state index contributed by atoms with van der Waals surface area (Å²) < 4.78 is 27.4. The van der Waals surface area contributed by atoms with Crippen LogP contribution in [-0.2, 0) is 5.92 Å². The third-order valence-electron chi connectivity index (χ3n) is 2.61. The molecule has 1 heterocycles. The summed E-state index contributed by atoms with van der Waals surface area (Å²) in [6, 6.07) is 6.87. The Balaban J connectivity index is 2.56. The average molecular weight is 257 g/mol. The number of aromatic amines is 1. The lowest BCUT2D eigenvalue weighted by Gasteiger charge is -2.14. The maximum atomic E-state index is 13.7. The van der Waals surface area contributed by atoms with Crippen molar-refractivity contribution in [3.05, 3.63) is 41.2 Å². The second-order valence-electron chi connectivity index (χ2n) is 3.70. The molecule has 0 aliphatic rings. The minimum atomic E-state index is -2.93. The number of nitrogens with one attached hydrogen (secondary N) is 1. The Labute approximate surface area is 103 Å². The van der Waals surface area contributed by atoms with Crippen molar-refractivity contribution in [2.24, 2.45) is 0 Å². The zero-order valence-corrected chi connectivity index (χ0v) is 9.93. The molecule has 1 N–H and O–H groups in total. The fourth-order valence-corrected chi connectivity index (χ4v) is 1.86. The summed E-state index contributed by atoms with van der Waals surface area (Å²) in [7, 11) is 0. The van der Waals surface area contributed by atoms with Gasteiger partial charge < -0.3 is 0 Å². The van der Waals surface area contributed by atoms with Crippen LogP contribution in [0.15, 0.2) is 30.5 Å². The monoisotopic (exact) mass is 256 g/mol. The molecule has 0 spiro atoms. The SMILES string of the molecule is CCC(F)(F)c1[nH]ncc1-c1ccccc1Cl. The molecule has 2 aromatic rings. The van der Waals surface area contributed by atoms with Crippen molar-refractivity contribution in [3.8, 4) is 11.1 Å². The Morgan fingerprint density at radius 2 is 2.00 bits per heavy atom. The standard InChI is InChI=1S/C12H11ClF2N2/c1-2-12(14,15)11-9(7-16-17-11)8-5-3-4-6-10(8)13/h3-7H,2H2,1H3,(H,16,17). The number of H-pyrrole nitrogens is 1. The second kappa shape index (κ2) is 4.45. The predicted molar refractivity (Wildman–Crippen MR) is 63.2 cm³/mol. The van der Waals surface area contributed by atoms with Gasteiger partial charge in [0.1, 0.15) is 5.69 Å².